The van der Waals surface area contributed by atoms with E-state index in [-0.39, 0.29) is 5.91 Å². The zero-order chi connectivity index (χ0) is 19.3. The predicted molar refractivity (Wildman–Crippen MR) is 110 cm³/mol. The molecule has 0 radical (unpaired) electrons. The summed E-state index contributed by atoms with van der Waals surface area (Å²) in [4.78, 5) is 24.3. The van der Waals surface area contributed by atoms with E-state index in [0.717, 1.165) is 84.1 Å². The normalized spacial score (nSPS) is 25.1. The summed E-state index contributed by atoms with van der Waals surface area (Å²) in [7, 11) is 0. The number of piperidine rings is 2. The first-order valence-corrected chi connectivity index (χ1v) is 10.8. The number of nitrogens with two attached hydrogens (primary N) is 1. The minimum atomic E-state index is 0.109. The highest BCUT2D eigenvalue weighted by atomic mass is 16.5. The molecular weight excluding hydrogens is 354 g/mol. The number of carbonyl (C=O) groups is 1. The van der Waals surface area contributed by atoms with Crippen LogP contribution in [0.4, 0.5) is 5.82 Å². The highest BCUT2D eigenvalue weighted by molar-refractivity contribution is 5.94. The molecule has 0 unspecified atom stereocenters. The summed E-state index contributed by atoms with van der Waals surface area (Å²) in [6, 6.07) is 4.51. The van der Waals surface area contributed by atoms with Gasteiger partial charge in [0.25, 0.3) is 5.91 Å². The van der Waals surface area contributed by atoms with Crippen LogP contribution in [0.3, 0.4) is 0 Å². The molecule has 3 aliphatic rings. The first kappa shape index (κ1) is 19.6. The number of rotatable bonds is 4. The van der Waals surface area contributed by atoms with Crippen molar-refractivity contribution in [3.63, 3.8) is 0 Å². The molecule has 1 aromatic rings. The number of anilines is 1. The van der Waals surface area contributed by atoms with Crippen molar-refractivity contribution in [1.29, 1.82) is 0 Å². The molecule has 1 atom stereocenters. The average Bonchev–Trinajstić information content (AvgIpc) is 2.79. The van der Waals surface area contributed by atoms with Gasteiger partial charge in [0, 0.05) is 51.5 Å². The van der Waals surface area contributed by atoms with Gasteiger partial charge in [0.05, 0.1) is 18.8 Å². The molecule has 0 bridgehead atoms. The molecule has 0 saturated carbocycles. The lowest BCUT2D eigenvalue weighted by atomic mass is 9.98. The number of amides is 1. The number of likely N-dealkylation sites (tertiary alicyclic amines) is 1. The minimum absolute atomic E-state index is 0.109. The number of carbonyl (C=O) groups excluding carboxylic acids is 1. The Bertz CT molecular complexity index is 639. The lowest BCUT2D eigenvalue weighted by Gasteiger charge is -2.40. The van der Waals surface area contributed by atoms with Crippen molar-refractivity contribution in [3.05, 3.63) is 23.9 Å². The number of morpholine rings is 1. The molecule has 3 fully saturated rings. The first-order chi connectivity index (χ1) is 13.7. The number of hydrogen-bond acceptors (Lipinski definition) is 6. The topological polar surface area (TPSA) is 74.9 Å². The van der Waals surface area contributed by atoms with Crippen molar-refractivity contribution in [3.8, 4) is 0 Å². The van der Waals surface area contributed by atoms with Gasteiger partial charge in [-0.25, -0.2) is 4.98 Å². The monoisotopic (exact) mass is 387 g/mol. The quantitative estimate of drug-likeness (QED) is 0.837. The largest absolute Gasteiger partial charge is 0.379 e. The second-order valence-electron chi connectivity index (χ2n) is 8.27. The SMILES string of the molecule is NC[C@H]1CCCN(c2ccc(C(=O)N3CCC(N4CCOCC4)CC3)cn2)C1. The number of aromatic nitrogens is 1. The van der Waals surface area contributed by atoms with Crippen LogP contribution in [0.2, 0.25) is 0 Å². The molecular formula is C21H33N5O2. The Kier molecular flexibility index (Phi) is 6.44. The van der Waals surface area contributed by atoms with E-state index in [9.17, 15) is 4.79 Å². The van der Waals surface area contributed by atoms with Crippen molar-refractivity contribution < 1.29 is 9.53 Å². The Morgan fingerprint density at radius 2 is 1.89 bits per heavy atom. The van der Waals surface area contributed by atoms with E-state index in [4.69, 9.17) is 10.5 Å². The van der Waals surface area contributed by atoms with Crippen molar-refractivity contribution in [2.75, 3.05) is 63.9 Å². The fourth-order valence-corrected chi connectivity index (χ4v) is 4.72. The van der Waals surface area contributed by atoms with E-state index >= 15 is 0 Å². The van der Waals surface area contributed by atoms with E-state index < -0.39 is 0 Å². The van der Waals surface area contributed by atoms with Gasteiger partial charge in [0.15, 0.2) is 0 Å². The van der Waals surface area contributed by atoms with Gasteiger partial charge in [-0.15, -0.1) is 0 Å². The summed E-state index contributed by atoms with van der Waals surface area (Å²) < 4.78 is 5.45. The maximum atomic E-state index is 12.9. The van der Waals surface area contributed by atoms with Gasteiger partial charge >= 0.3 is 0 Å². The van der Waals surface area contributed by atoms with Gasteiger partial charge in [0.2, 0.25) is 0 Å². The first-order valence-electron chi connectivity index (χ1n) is 10.8. The van der Waals surface area contributed by atoms with Crippen molar-refractivity contribution in [1.82, 2.24) is 14.8 Å². The van der Waals surface area contributed by atoms with Crippen LogP contribution in [0.25, 0.3) is 0 Å². The zero-order valence-electron chi connectivity index (χ0n) is 16.8. The number of pyridine rings is 1. The standard InChI is InChI=1S/C21H33N5O2/c22-14-17-2-1-7-26(16-17)20-4-3-18(15-23-20)21(27)25-8-5-19(6-9-25)24-10-12-28-13-11-24/h3-4,15,17,19H,1-2,5-14,16,22H2/t17-/m1/s1. The van der Waals surface area contributed by atoms with Gasteiger partial charge in [-0.3, -0.25) is 9.69 Å². The van der Waals surface area contributed by atoms with E-state index in [1.807, 2.05) is 17.0 Å². The molecule has 154 valence electrons. The molecule has 1 aromatic heterocycles. The Morgan fingerprint density at radius 1 is 1.11 bits per heavy atom. The third kappa shape index (κ3) is 4.47. The van der Waals surface area contributed by atoms with Gasteiger partial charge < -0.3 is 20.3 Å². The average molecular weight is 388 g/mol. The summed E-state index contributed by atoms with van der Waals surface area (Å²) in [6.07, 6.45) is 6.20. The zero-order valence-corrected chi connectivity index (χ0v) is 16.8. The minimum Gasteiger partial charge on any atom is -0.379 e. The Balaban J connectivity index is 1.31. The number of ether oxygens (including phenoxy) is 1. The van der Waals surface area contributed by atoms with Crippen molar-refractivity contribution >= 4 is 11.7 Å². The van der Waals surface area contributed by atoms with E-state index in [1.54, 1.807) is 6.20 Å². The predicted octanol–water partition coefficient (Wildman–Crippen LogP) is 1.19. The summed E-state index contributed by atoms with van der Waals surface area (Å²) in [5.41, 5.74) is 6.54. The van der Waals surface area contributed by atoms with Gasteiger partial charge in [-0.05, 0) is 50.3 Å². The third-order valence-corrected chi connectivity index (χ3v) is 6.48. The third-order valence-electron chi connectivity index (χ3n) is 6.48. The Morgan fingerprint density at radius 3 is 2.57 bits per heavy atom. The molecule has 0 aromatic carbocycles. The van der Waals surface area contributed by atoms with Crippen LogP contribution < -0.4 is 10.6 Å². The molecule has 0 spiro atoms. The van der Waals surface area contributed by atoms with Crippen LogP contribution in [0, 0.1) is 5.92 Å². The van der Waals surface area contributed by atoms with Crippen molar-refractivity contribution in [2.45, 2.75) is 31.7 Å². The molecule has 4 heterocycles. The van der Waals surface area contributed by atoms with E-state index in [0.29, 0.717) is 17.5 Å². The second-order valence-corrected chi connectivity index (χ2v) is 8.27. The van der Waals surface area contributed by atoms with E-state index in [2.05, 4.69) is 14.8 Å². The Labute approximate surface area is 167 Å². The molecule has 7 nitrogen and oxygen atoms in total. The fraction of sp³-hybridized carbons (Fsp3) is 0.714. The fourth-order valence-electron chi connectivity index (χ4n) is 4.72. The molecule has 7 heteroatoms. The molecule has 2 N–H and O–H groups in total. The molecule has 3 aliphatic heterocycles. The summed E-state index contributed by atoms with van der Waals surface area (Å²) in [6.45, 7) is 8.07. The number of hydrogen-bond donors (Lipinski definition) is 1. The molecule has 0 aliphatic carbocycles. The van der Waals surface area contributed by atoms with Gasteiger partial charge in [-0.2, -0.15) is 0 Å². The highest BCUT2D eigenvalue weighted by Gasteiger charge is 2.28. The summed E-state index contributed by atoms with van der Waals surface area (Å²) >= 11 is 0. The van der Waals surface area contributed by atoms with Crippen LogP contribution in [-0.2, 0) is 4.74 Å². The smallest absolute Gasteiger partial charge is 0.255 e. The van der Waals surface area contributed by atoms with Crippen molar-refractivity contribution in [2.24, 2.45) is 11.7 Å². The number of nitrogens with zero attached hydrogens (tertiary/aromatic N) is 4. The van der Waals surface area contributed by atoms with Gasteiger partial charge in [0.1, 0.15) is 5.82 Å². The van der Waals surface area contributed by atoms with Gasteiger partial charge in [-0.1, -0.05) is 0 Å². The van der Waals surface area contributed by atoms with Crippen LogP contribution in [-0.4, -0.2) is 85.8 Å². The molecule has 1 amide bonds. The Hall–Kier alpha value is -1.70. The van der Waals surface area contributed by atoms with Crippen LogP contribution >= 0.6 is 0 Å². The summed E-state index contributed by atoms with van der Waals surface area (Å²) in [5, 5.41) is 0. The second kappa shape index (κ2) is 9.20. The highest BCUT2D eigenvalue weighted by Crippen LogP contribution is 2.23. The van der Waals surface area contributed by atoms with E-state index in [1.165, 1.54) is 6.42 Å². The van der Waals surface area contributed by atoms with Crippen LogP contribution in [0.15, 0.2) is 18.3 Å². The summed E-state index contributed by atoms with van der Waals surface area (Å²) in [5.74, 6) is 1.61. The van der Waals surface area contributed by atoms with Crippen LogP contribution in [0.5, 0.6) is 0 Å². The lowest BCUT2D eigenvalue weighted by molar-refractivity contribution is 0.00158. The van der Waals surface area contributed by atoms with Crippen LogP contribution in [0.1, 0.15) is 36.0 Å². The molecule has 3 saturated heterocycles. The maximum Gasteiger partial charge on any atom is 0.255 e. The molecule has 28 heavy (non-hydrogen) atoms. The molecule has 4 rings (SSSR count). The maximum absolute atomic E-state index is 12.9. The lowest BCUT2D eigenvalue weighted by Crippen LogP contribution is -2.50.